The van der Waals surface area contributed by atoms with Gasteiger partial charge in [-0.05, 0) is 61.1 Å². The maximum absolute atomic E-state index is 12.3. The van der Waals surface area contributed by atoms with Crippen LogP contribution in [-0.4, -0.2) is 15.4 Å². The summed E-state index contributed by atoms with van der Waals surface area (Å²) in [6, 6.07) is 12.2. The second-order valence-electron chi connectivity index (χ2n) is 9.98. The Bertz CT molecular complexity index is 575. The monoisotopic (exact) mass is 436 g/mol. The highest BCUT2D eigenvalue weighted by Gasteiger charge is 2.23. The fraction of sp³-hybridized carbons (Fsp3) is 0.769. The number of halogens is 2. The summed E-state index contributed by atoms with van der Waals surface area (Å²) in [5.41, 5.74) is 1.29. The van der Waals surface area contributed by atoms with Crippen molar-refractivity contribution in [1.29, 1.82) is 0 Å². The second-order valence-corrected chi connectivity index (χ2v) is 13.4. The van der Waals surface area contributed by atoms with Crippen LogP contribution >= 0.6 is 0 Å². The summed E-state index contributed by atoms with van der Waals surface area (Å²) in [7, 11) is -0.329. The average Bonchev–Trinajstić information content (AvgIpc) is 2.77. The Kier molecular flexibility index (Phi) is 10.2. The van der Waals surface area contributed by atoms with Crippen LogP contribution in [0, 0.1) is 11.8 Å². The molecule has 0 radical (unpaired) electrons. The highest BCUT2D eigenvalue weighted by molar-refractivity contribution is 6.58. The van der Waals surface area contributed by atoms with Crippen LogP contribution in [0.25, 0.3) is 0 Å². The van der Waals surface area contributed by atoms with E-state index in [1.807, 2.05) is 12.1 Å². The van der Waals surface area contributed by atoms with E-state index in [2.05, 4.69) is 11.7 Å². The van der Waals surface area contributed by atoms with E-state index in [0.717, 1.165) is 11.8 Å². The van der Waals surface area contributed by atoms with Gasteiger partial charge in [-0.1, -0.05) is 88.6 Å². The van der Waals surface area contributed by atoms with Crippen molar-refractivity contribution < 1.29 is 13.5 Å². The Morgan fingerprint density at radius 3 is 2.03 bits per heavy atom. The van der Waals surface area contributed by atoms with Gasteiger partial charge in [0.15, 0.2) is 0 Å². The van der Waals surface area contributed by atoms with E-state index in [0.29, 0.717) is 5.92 Å². The van der Waals surface area contributed by atoms with Gasteiger partial charge in [0.05, 0.1) is 0 Å². The van der Waals surface area contributed by atoms with Crippen molar-refractivity contribution in [2.24, 2.45) is 11.8 Å². The number of hydrogen-bond donors (Lipinski definition) is 0. The Morgan fingerprint density at radius 1 is 0.867 bits per heavy atom. The highest BCUT2D eigenvalue weighted by atomic mass is 28.3. The first kappa shape index (κ1) is 23.8. The minimum atomic E-state index is -2.74. The molecule has 0 N–H and O–H groups in total. The van der Waals surface area contributed by atoms with Gasteiger partial charge in [-0.3, -0.25) is 0 Å². The molecule has 0 amide bonds. The first-order chi connectivity index (χ1) is 14.6. The topological polar surface area (TPSA) is 9.23 Å². The molecule has 1 aromatic rings. The van der Waals surface area contributed by atoms with E-state index >= 15 is 0 Å². The zero-order valence-corrected chi connectivity index (χ0v) is 20.1. The lowest BCUT2D eigenvalue weighted by atomic mass is 9.77. The zero-order chi connectivity index (χ0) is 21.2. The van der Waals surface area contributed by atoms with Crippen molar-refractivity contribution in [3.05, 3.63) is 29.8 Å². The summed E-state index contributed by atoms with van der Waals surface area (Å²) in [6.45, 7) is -0.410. The lowest BCUT2D eigenvalue weighted by molar-refractivity contribution is -0.0498. The third-order valence-corrected chi connectivity index (χ3v) is 11.4. The maximum atomic E-state index is 12.3. The summed E-state index contributed by atoms with van der Waals surface area (Å²) in [4.78, 5) is 0. The Balaban J connectivity index is 1.26. The van der Waals surface area contributed by atoms with E-state index in [9.17, 15) is 8.78 Å². The Morgan fingerprint density at radius 2 is 1.47 bits per heavy atom. The van der Waals surface area contributed by atoms with E-state index in [1.54, 1.807) is 43.1 Å². The van der Waals surface area contributed by atoms with E-state index < -0.39 is 6.61 Å². The largest absolute Gasteiger partial charge is 0.435 e. The smallest absolute Gasteiger partial charge is 0.387 e. The quantitative estimate of drug-likeness (QED) is 0.249. The molecule has 1 saturated carbocycles. The van der Waals surface area contributed by atoms with E-state index in [-0.39, 0.29) is 14.5 Å². The number of hydrogen-bond acceptors (Lipinski definition) is 1. The molecule has 170 valence electrons. The fourth-order valence-corrected chi connectivity index (χ4v) is 9.61. The number of rotatable bonds is 11. The molecule has 2 fully saturated rings. The molecule has 1 nitrogen and oxygen atoms in total. The predicted octanol–water partition coefficient (Wildman–Crippen LogP) is 8.56. The average molecular weight is 437 g/mol. The summed E-state index contributed by atoms with van der Waals surface area (Å²) in [5, 5.41) is 0. The van der Waals surface area contributed by atoms with Crippen LogP contribution < -0.4 is 4.74 Å². The van der Waals surface area contributed by atoms with Gasteiger partial charge in [0.25, 0.3) is 0 Å². The molecule has 0 aromatic heterocycles. The first-order valence-electron chi connectivity index (χ1n) is 12.7. The number of benzene rings is 1. The molecule has 4 heteroatoms. The third-order valence-electron chi connectivity index (χ3n) is 7.83. The summed E-state index contributed by atoms with van der Waals surface area (Å²) >= 11 is 0. The minimum absolute atomic E-state index is 0.263. The van der Waals surface area contributed by atoms with Crippen molar-refractivity contribution >= 4 is 8.80 Å². The summed E-state index contributed by atoms with van der Waals surface area (Å²) in [5.74, 6) is 2.80. The first-order valence-corrected chi connectivity index (χ1v) is 15.1. The van der Waals surface area contributed by atoms with Crippen LogP contribution in [0.5, 0.6) is 5.75 Å². The molecule has 1 aliphatic heterocycles. The minimum Gasteiger partial charge on any atom is -0.435 e. The molecule has 1 aliphatic carbocycles. The van der Waals surface area contributed by atoms with Crippen LogP contribution in [0.4, 0.5) is 8.78 Å². The van der Waals surface area contributed by atoms with Crippen molar-refractivity contribution in [1.82, 2.24) is 0 Å². The number of ether oxygens (including phenoxy) is 1. The maximum Gasteiger partial charge on any atom is 0.387 e. The summed E-state index contributed by atoms with van der Waals surface area (Å²) < 4.78 is 29.0. The zero-order valence-electron chi connectivity index (χ0n) is 19.0. The van der Waals surface area contributed by atoms with Gasteiger partial charge in [0.1, 0.15) is 5.75 Å². The van der Waals surface area contributed by atoms with Crippen LogP contribution in [-0.2, 0) is 0 Å². The van der Waals surface area contributed by atoms with Gasteiger partial charge in [-0.25, -0.2) is 0 Å². The molecule has 0 atom stereocenters. The lowest BCUT2D eigenvalue weighted by Gasteiger charge is -2.30. The molecule has 0 spiro atoms. The van der Waals surface area contributed by atoms with Gasteiger partial charge >= 0.3 is 6.61 Å². The molecular formula is C26H42F2OSi. The molecule has 3 rings (SSSR count). The normalized spacial score (nSPS) is 27.3. The van der Waals surface area contributed by atoms with Gasteiger partial charge in [-0.15, -0.1) is 0 Å². The second kappa shape index (κ2) is 12.8. The van der Waals surface area contributed by atoms with Crippen LogP contribution in [0.2, 0.25) is 18.1 Å². The molecule has 1 aromatic carbocycles. The third kappa shape index (κ3) is 7.98. The molecule has 1 saturated heterocycles. The van der Waals surface area contributed by atoms with Crippen molar-refractivity contribution in [2.75, 3.05) is 0 Å². The SMILES string of the molecule is CCCC[SiH]1CCC(CCCC[C@H]2CC[C@H](c3ccc(OC(F)F)cc3)CC2)CC1. The molecule has 2 aliphatic rings. The summed E-state index contributed by atoms with van der Waals surface area (Å²) in [6.07, 6.45) is 16.9. The standard InChI is InChI=1S/C26H42F2OSi/c1-2-3-18-30-19-16-22(17-20-30)7-5-4-6-21-8-10-23(11-9-21)24-12-14-25(15-13-24)29-26(27)28/h12-15,21-23,26,30H,2-11,16-20H2,1H3/t21-,22?,23-,30?. The van der Waals surface area contributed by atoms with Gasteiger partial charge in [-0.2, -0.15) is 8.78 Å². The van der Waals surface area contributed by atoms with Crippen molar-refractivity contribution in [3.8, 4) is 5.75 Å². The van der Waals surface area contributed by atoms with Crippen LogP contribution in [0.1, 0.15) is 95.5 Å². The lowest BCUT2D eigenvalue weighted by Crippen LogP contribution is -2.21. The molecule has 1 heterocycles. The van der Waals surface area contributed by atoms with Crippen LogP contribution in [0.15, 0.2) is 24.3 Å². The molecular weight excluding hydrogens is 394 g/mol. The highest BCUT2D eigenvalue weighted by Crippen LogP contribution is 2.38. The Hall–Kier alpha value is -0.903. The van der Waals surface area contributed by atoms with E-state index in [4.69, 9.17) is 0 Å². The Labute approximate surface area is 184 Å². The number of alkyl halides is 2. The van der Waals surface area contributed by atoms with Crippen molar-refractivity contribution in [3.63, 3.8) is 0 Å². The number of unbranched alkanes of at least 4 members (excludes halogenated alkanes) is 2. The molecule has 0 bridgehead atoms. The van der Waals surface area contributed by atoms with Gasteiger partial charge < -0.3 is 4.74 Å². The fourth-order valence-electron chi connectivity index (χ4n) is 5.87. The van der Waals surface area contributed by atoms with E-state index in [1.165, 1.54) is 69.8 Å². The predicted molar refractivity (Wildman–Crippen MR) is 125 cm³/mol. The van der Waals surface area contributed by atoms with Crippen LogP contribution in [0.3, 0.4) is 0 Å². The molecule has 30 heavy (non-hydrogen) atoms. The van der Waals surface area contributed by atoms with Gasteiger partial charge in [0, 0.05) is 8.80 Å². The molecule has 0 unspecified atom stereocenters. The van der Waals surface area contributed by atoms with Crippen molar-refractivity contribution in [2.45, 2.75) is 115 Å². The van der Waals surface area contributed by atoms with Gasteiger partial charge in [0.2, 0.25) is 0 Å².